The van der Waals surface area contributed by atoms with Crippen molar-refractivity contribution in [1.82, 2.24) is 0 Å². The molecule has 0 aliphatic rings. The number of nitrogens with one attached hydrogen (secondary N) is 1. The Morgan fingerprint density at radius 2 is 2.05 bits per heavy atom. The highest BCUT2D eigenvalue weighted by molar-refractivity contribution is 9.11. The van der Waals surface area contributed by atoms with Gasteiger partial charge in [0.1, 0.15) is 4.21 Å². The first-order chi connectivity index (χ1) is 9.92. The van der Waals surface area contributed by atoms with Crippen molar-refractivity contribution in [2.24, 2.45) is 0 Å². The summed E-state index contributed by atoms with van der Waals surface area (Å²) in [6.07, 6.45) is 1.94. The largest absolute Gasteiger partial charge is 0.279 e. The molecule has 0 bridgehead atoms. The lowest BCUT2D eigenvalue weighted by Crippen LogP contribution is -2.11. The van der Waals surface area contributed by atoms with Crippen LogP contribution in [0.5, 0.6) is 0 Å². The van der Waals surface area contributed by atoms with E-state index in [1.165, 1.54) is 11.3 Å². The van der Waals surface area contributed by atoms with Gasteiger partial charge in [-0.3, -0.25) is 4.72 Å². The second-order valence-electron chi connectivity index (χ2n) is 4.62. The lowest BCUT2D eigenvalue weighted by atomic mass is 10.1. The molecule has 3 nitrogen and oxygen atoms in total. The third kappa shape index (κ3) is 4.55. The van der Waals surface area contributed by atoms with Crippen molar-refractivity contribution in [3.05, 3.63) is 45.2 Å². The Morgan fingerprint density at radius 1 is 1.29 bits per heavy atom. The Kier molecular flexibility index (Phi) is 5.88. The standard InChI is InChI=1S/C14H15Br2NO2S2/c1-10-8-13(20-14(10)16)21(18,19)17-12-6-2-4-11(9-12)5-3-7-15/h2,4,6,8-9,17H,3,5,7H2,1H3. The zero-order valence-corrected chi connectivity index (χ0v) is 16.2. The number of halogens is 2. The molecule has 7 heteroatoms. The van der Waals surface area contributed by atoms with Crippen molar-refractivity contribution < 1.29 is 8.42 Å². The van der Waals surface area contributed by atoms with Gasteiger partial charge in [0.05, 0.1) is 3.79 Å². The smallest absolute Gasteiger partial charge is 0.271 e. The predicted molar refractivity (Wildman–Crippen MR) is 96.1 cm³/mol. The van der Waals surface area contributed by atoms with Gasteiger partial charge in [0.2, 0.25) is 0 Å². The Bertz CT molecular complexity index is 707. The Balaban J connectivity index is 2.20. The first-order valence-corrected chi connectivity index (χ1v) is 10.6. The minimum Gasteiger partial charge on any atom is -0.279 e. The molecule has 0 unspecified atom stereocenters. The molecule has 114 valence electrons. The van der Waals surface area contributed by atoms with E-state index >= 15 is 0 Å². The molecular weight excluding hydrogens is 438 g/mol. The molecule has 0 atom stereocenters. The molecule has 1 aromatic heterocycles. The van der Waals surface area contributed by atoms with Crippen LogP contribution in [0.4, 0.5) is 5.69 Å². The Morgan fingerprint density at radius 3 is 2.67 bits per heavy atom. The number of anilines is 1. The number of alkyl halides is 1. The van der Waals surface area contributed by atoms with Crippen LogP contribution in [-0.4, -0.2) is 13.7 Å². The number of hydrogen-bond acceptors (Lipinski definition) is 3. The maximum absolute atomic E-state index is 12.4. The second kappa shape index (κ2) is 7.26. The van der Waals surface area contributed by atoms with Gasteiger partial charge in [-0.1, -0.05) is 28.1 Å². The van der Waals surface area contributed by atoms with E-state index in [-0.39, 0.29) is 0 Å². The number of sulfonamides is 1. The molecular formula is C14H15Br2NO2S2. The average Bonchev–Trinajstić information content (AvgIpc) is 2.77. The third-order valence-electron chi connectivity index (χ3n) is 2.88. The fourth-order valence-electron chi connectivity index (χ4n) is 1.83. The Labute approximate surface area is 146 Å². The summed E-state index contributed by atoms with van der Waals surface area (Å²) in [5.74, 6) is 0. The minimum absolute atomic E-state index is 0.317. The van der Waals surface area contributed by atoms with Gasteiger partial charge >= 0.3 is 0 Å². The van der Waals surface area contributed by atoms with E-state index in [4.69, 9.17) is 0 Å². The monoisotopic (exact) mass is 451 g/mol. The minimum atomic E-state index is -3.52. The van der Waals surface area contributed by atoms with Crippen LogP contribution in [0.15, 0.2) is 38.3 Å². The molecule has 21 heavy (non-hydrogen) atoms. The number of benzene rings is 1. The first kappa shape index (κ1) is 17.0. The summed E-state index contributed by atoms with van der Waals surface area (Å²) in [5.41, 5.74) is 2.65. The van der Waals surface area contributed by atoms with E-state index in [0.29, 0.717) is 9.90 Å². The fourth-order valence-corrected chi connectivity index (χ4v) is 5.39. The van der Waals surface area contributed by atoms with Gasteiger partial charge in [0.25, 0.3) is 10.0 Å². The first-order valence-electron chi connectivity index (χ1n) is 6.36. The van der Waals surface area contributed by atoms with Crippen LogP contribution in [0.3, 0.4) is 0 Å². The lowest BCUT2D eigenvalue weighted by molar-refractivity contribution is 0.603. The zero-order chi connectivity index (χ0) is 15.5. The van der Waals surface area contributed by atoms with Crippen molar-refractivity contribution in [2.75, 3.05) is 10.1 Å². The van der Waals surface area contributed by atoms with Crippen molar-refractivity contribution in [3.8, 4) is 0 Å². The third-order valence-corrected chi connectivity index (χ3v) is 7.43. The highest BCUT2D eigenvalue weighted by Crippen LogP contribution is 2.31. The van der Waals surface area contributed by atoms with Crippen molar-refractivity contribution in [3.63, 3.8) is 0 Å². The molecule has 0 radical (unpaired) electrons. The zero-order valence-electron chi connectivity index (χ0n) is 11.4. The van der Waals surface area contributed by atoms with Crippen molar-refractivity contribution in [2.45, 2.75) is 24.0 Å². The van der Waals surface area contributed by atoms with E-state index in [2.05, 4.69) is 36.6 Å². The Hall–Kier alpha value is -0.370. The summed E-state index contributed by atoms with van der Waals surface area (Å²) in [6, 6.07) is 9.20. The van der Waals surface area contributed by atoms with Gasteiger partial charge in [0.15, 0.2) is 0 Å². The maximum atomic E-state index is 12.4. The molecule has 0 fully saturated rings. The molecule has 0 spiro atoms. The van der Waals surface area contributed by atoms with E-state index in [0.717, 1.165) is 33.1 Å². The van der Waals surface area contributed by atoms with Gasteiger partial charge in [-0.2, -0.15) is 0 Å². The van der Waals surface area contributed by atoms with Crippen LogP contribution >= 0.6 is 43.2 Å². The molecule has 2 rings (SSSR count). The molecule has 0 aliphatic heterocycles. The molecule has 1 heterocycles. The summed E-state index contributed by atoms with van der Waals surface area (Å²) in [6.45, 7) is 1.88. The highest BCUT2D eigenvalue weighted by atomic mass is 79.9. The summed E-state index contributed by atoms with van der Waals surface area (Å²) in [7, 11) is -3.52. The van der Waals surface area contributed by atoms with Gasteiger partial charge in [0, 0.05) is 11.0 Å². The maximum Gasteiger partial charge on any atom is 0.271 e. The van der Waals surface area contributed by atoms with Crippen molar-refractivity contribution >= 4 is 58.9 Å². The number of rotatable bonds is 6. The topological polar surface area (TPSA) is 46.2 Å². The van der Waals surface area contributed by atoms with Crippen LogP contribution in [-0.2, 0) is 16.4 Å². The van der Waals surface area contributed by atoms with Gasteiger partial charge in [-0.25, -0.2) is 8.42 Å². The van der Waals surface area contributed by atoms with E-state index < -0.39 is 10.0 Å². The summed E-state index contributed by atoms with van der Waals surface area (Å²) < 4.78 is 28.5. The average molecular weight is 453 g/mol. The van der Waals surface area contributed by atoms with Crippen LogP contribution in [0, 0.1) is 6.92 Å². The van der Waals surface area contributed by atoms with Gasteiger partial charge in [-0.15, -0.1) is 11.3 Å². The fraction of sp³-hybridized carbons (Fsp3) is 0.286. The number of hydrogen-bond donors (Lipinski definition) is 1. The summed E-state index contributed by atoms with van der Waals surface area (Å²) in [4.78, 5) is 0. The second-order valence-corrected chi connectivity index (χ2v) is 9.69. The van der Waals surface area contributed by atoms with Crippen LogP contribution in [0.25, 0.3) is 0 Å². The van der Waals surface area contributed by atoms with E-state index in [1.54, 1.807) is 12.1 Å². The van der Waals surface area contributed by atoms with Crippen LogP contribution < -0.4 is 4.72 Å². The van der Waals surface area contributed by atoms with Crippen LogP contribution in [0.1, 0.15) is 17.5 Å². The molecule has 0 saturated heterocycles. The summed E-state index contributed by atoms with van der Waals surface area (Å²) in [5, 5.41) is 0.936. The molecule has 0 saturated carbocycles. The van der Waals surface area contributed by atoms with Crippen LogP contribution in [0.2, 0.25) is 0 Å². The predicted octanol–water partition coefficient (Wildman–Crippen LogP) is 4.95. The quantitative estimate of drug-likeness (QED) is 0.630. The lowest BCUT2D eigenvalue weighted by Gasteiger charge is -2.08. The van der Waals surface area contributed by atoms with Gasteiger partial charge < -0.3 is 0 Å². The molecule has 0 amide bonds. The highest BCUT2D eigenvalue weighted by Gasteiger charge is 2.18. The van der Waals surface area contributed by atoms with E-state index in [9.17, 15) is 8.42 Å². The molecule has 0 aliphatic carbocycles. The van der Waals surface area contributed by atoms with E-state index in [1.807, 2.05) is 25.1 Å². The molecule has 1 N–H and O–H groups in total. The molecule has 2 aromatic rings. The summed E-state index contributed by atoms with van der Waals surface area (Å²) >= 11 is 7.97. The molecule has 1 aromatic carbocycles. The normalized spacial score (nSPS) is 11.6. The SMILES string of the molecule is Cc1cc(S(=O)(=O)Nc2cccc(CCCBr)c2)sc1Br. The number of thiophene rings is 1. The van der Waals surface area contributed by atoms with Gasteiger partial charge in [-0.05, 0) is 65.0 Å². The van der Waals surface area contributed by atoms with Crippen molar-refractivity contribution in [1.29, 1.82) is 0 Å². The number of aryl methyl sites for hydroxylation is 2.